The summed E-state index contributed by atoms with van der Waals surface area (Å²) in [4.78, 5) is 4.62. The van der Waals surface area contributed by atoms with Crippen molar-refractivity contribution < 1.29 is 4.39 Å². The Balaban J connectivity index is 1.92. The highest BCUT2D eigenvalue weighted by Gasteiger charge is 2.21. The van der Waals surface area contributed by atoms with E-state index in [-0.39, 0.29) is 5.82 Å². The fourth-order valence-electron chi connectivity index (χ4n) is 2.68. The average Bonchev–Trinajstić information content (AvgIpc) is 2.41. The molecule has 0 radical (unpaired) electrons. The molecule has 0 bridgehead atoms. The van der Waals surface area contributed by atoms with Crippen LogP contribution in [0, 0.1) is 5.82 Å². The van der Waals surface area contributed by atoms with Gasteiger partial charge in [-0.2, -0.15) is 0 Å². The lowest BCUT2D eigenvalue weighted by Crippen LogP contribution is -2.41. The molecule has 2 rings (SSSR count). The van der Waals surface area contributed by atoms with E-state index in [2.05, 4.69) is 23.9 Å². The minimum absolute atomic E-state index is 0.127. The molecule has 1 aliphatic rings. The van der Waals surface area contributed by atoms with Crippen LogP contribution in [-0.2, 0) is 13.1 Å². The molecule has 1 aliphatic heterocycles. The van der Waals surface area contributed by atoms with E-state index in [4.69, 9.17) is 5.73 Å². The Bertz CT molecular complexity index is 412. The highest BCUT2D eigenvalue weighted by atomic mass is 19.1. The van der Waals surface area contributed by atoms with Gasteiger partial charge in [0.1, 0.15) is 5.82 Å². The second-order valence-corrected chi connectivity index (χ2v) is 5.60. The third-order valence-corrected chi connectivity index (χ3v) is 4.03. The van der Waals surface area contributed by atoms with E-state index in [9.17, 15) is 4.39 Å². The van der Waals surface area contributed by atoms with Gasteiger partial charge in [-0.1, -0.05) is 12.1 Å². The van der Waals surface area contributed by atoms with Crippen molar-refractivity contribution in [1.29, 1.82) is 0 Å². The Morgan fingerprint density at radius 3 is 2.53 bits per heavy atom. The molecule has 0 aliphatic carbocycles. The molecule has 0 aromatic heterocycles. The molecule has 2 N–H and O–H groups in total. The molecule has 19 heavy (non-hydrogen) atoms. The van der Waals surface area contributed by atoms with Gasteiger partial charge in [0.05, 0.1) is 0 Å². The van der Waals surface area contributed by atoms with Gasteiger partial charge < -0.3 is 10.6 Å². The van der Waals surface area contributed by atoms with Gasteiger partial charge in [-0.05, 0) is 51.7 Å². The highest BCUT2D eigenvalue weighted by molar-refractivity contribution is 5.24. The SMILES string of the molecule is CN(C)C1CCN(Cc2ccc(CN)cc2F)CC1. The summed E-state index contributed by atoms with van der Waals surface area (Å²) in [5, 5.41) is 0. The second kappa shape index (κ2) is 6.46. The maximum Gasteiger partial charge on any atom is 0.128 e. The summed E-state index contributed by atoms with van der Waals surface area (Å²) in [5.41, 5.74) is 7.15. The number of hydrogen-bond acceptors (Lipinski definition) is 3. The lowest BCUT2D eigenvalue weighted by molar-refractivity contribution is 0.139. The fraction of sp³-hybridized carbons (Fsp3) is 0.600. The van der Waals surface area contributed by atoms with Crippen molar-refractivity contribution in [3.63, 3.8) is 0 Å². The molecule has 106 valence electrons. The zero-order valence-electron chi connectivity index (χ0n) is 11.9. The van der Waals surface area contributed by atoms with Crippen molar-refractivity contribution in [3.05, 3.63) is 35.1 Å². The quantitative estimate of drug-likeness (QED) is 0.901. The standard InChI is InChI=1S/C15H24FN3/c1-18(2)14-5-7-19(8-6-14)11-13-4-3-12(10-17)9-15(13)16/h3-4,9,14H,5-8,10-11,17H2,1-2H3. The molecule has 1 aromatic carbocycles. The number of likely N-dealkylation sites (tertiary alicyclic amines) is 1. The van der Waals surface area contributed by atoms with Crippen molar-refractivity contribution in [2.75, 3.05) is 27.2 Å². The molecule has 1 saturated heterocycles. The number of halogens is 1. The summed E-state index contributed by atoms with van der Waals surface area (Å²) >= 11 is 0. The number of piperidine rings is 1. The summed E-state index contributed by atoms with van der Waals surface area (Å²) in [7, 11) is 4.26. The Morgan fingerprint density at radius 2 is 2.00 bits per heavy atom. The maximum atomic E-state index is 13.9. The van der Waals surface area contributed by atoms with Crippen LogP contribution in [0.2, 0.25) is 0 Å². The topological polar surface area (TPSA) is 32.5 Å². The second-order valence-electron chi connectivity index (χ2n) is 5.60. The Labute approximate surface area is 115 Å². The lowest BCUT2D eigenvalue weighted by Gasteiger charge is -2.35. The molecule has 0 amide bonds. The summed E-state index contributed by atoms with van der Waals surface area (Å²) in [5.74, 6) is -0.127. The smallest absolute Gasteiger partial charge is 0.128 e. The van der Waals surface area contributed by atoms with Gasteiger partial charge in [-0.15, -0.1) is 0 Å². The van der Waals surface area contributed by atoms with Crippen molar-refractivity contribution in [2.45, 2.75) is 32.0 Å². The van der Waals surface area contributed by atoms with Crippen molar-refractivity contribution in [3.8, 4) is 0 Å². The molecular weight excluding hydrogens is 241 g/mol. The predicted molar refractivity (Wildman–Crippen MR) is 76.3 cm³/mol. The maximum absolute atomic E-state index is 13.9. The van der Waals surface area contributed by atoms with Gasteiger partial charge in [0.2, 0.25) is 0 Å². The van der Waals surface area contributed by atoms with E-state index in [1.165, 1.54) is 0 Å². The molecule has 1 aromatic rings. The first kappa shape index (κ1) is 14.4. The molecule has 1 heterocycles. The summed E-state index contributed by atoms with van der Waals surface area (Å²) in [6, 6.07) is 6.02. The van der Waals surface area contributed by atoms with Crippen LogP contribution in [0.15, 0.2) is 18.2 Å². The first-order valence-electron chi connectivity index (χ1n) is 6.96. The summed E-state index contributed by atoms with van der Waals surface area (Å²) in [6.45, 7) is 3.18. The van der Waals surface area contributed by atoms with Crippen LogP contribution in [0.3, 0.4) is 0 Å². The number of nitrogens with two attached hydrogens (primary N) is 1. The van der Waals surface area contributed by atoms with E-state index in [1.807, 2.05) is 12.1 Å². The Morgan fingerprint density at radius 1 is 1.32 bits per heavy atom. The molecule has 0 atom stereocenters. The first-order valence-corrected chi connectivity index (χ1v) is 6.96. The number of benzene rings is 1. The fourth-order valence-corrected chi connectivity index (χ4v) is 2.68. The lowest BCUT2D eigenvalue weighted by atomic mass is 10.0. The van der Waals surface area contributed by atoms with Crippen LogP contribution in [0.1, 0.15) is 24.0 Å². The van der Waals surface area contributed by atoms with Crippen LogP contribution in [0.5, 0.6) is 0 Å². The molecular formula is C15H24FN3. The van der Waals surface area contributed by atoms with E-state index >= 15 is 0 Å². The predicted octanol–water partition coefficient (Wildman–Crippen LogP) is 1.81. The molecule has 1 fully saturated rings. The molecule has 0 saturated carbocycles. The van der Waals surface area contributed by atoms with Crippen molar-refractivity contribution in [1.82, 2.24) is 9.80 Å². The number of nitrogens with zero attached hydrogens (tertiary/aromatic N) is 2. The monoisotopic (exact) mass is 265 g/mol. The molecule has 4 heteroatoms. The van der Waals surface area contributed by atoms with Gasteiger partial charge >= 0.3 is 0 Å². The number of rotatable bonds is 4. The zero-order valence-corrected chi connectivity index (χ0v) is 11.9. The van der Waals surface area contributed by atoms with Crippen LogP contribution in [0.4, 0.5) is 4.39 Å². The largest absolute Gasteiger partial charge is 0.326 e. The number of hydrogen-bond donors (Lipinski definition) is 1. The van der Waals surface area contributed by atoms with Gasteiger partial charge in [-0.3, -0.25) is 4.90 Å². The average molecular weight is 265 g/mol. The Kier molecular flexibility index (Phi) is 4.91. The van der Waals surface area contributed by atoms with Crippen LogP contribution >= 0.6 is 0 Å². The molecule has 0 unspecified atom stereocenters. The normalized spacial score (nSPS) is 18.2. The van der Waals surface area contributed by atoms with Gasteiger partial charge in [0.15, 0.2) is 0 Å². The van der Waals surface area contributed by atoms with E-state index in [0.717, 1.165) is 37.1 Å². The van der Waals surface area contributed by atoms with Crippen molar-refractivity contribution >= 4 is 0 Å². The molecule has 3 nitrogen and oxygen atoms in total. The van der Waals surface area contributed by atoms with Gasteiger partial charge in [0, 0.05) is 24.7 Å². The van der Waals surface area contributed by atoms with E-state index < -0.39 is 0 Å². The summed E-state index contributed by atoms with van der Waals surface area (Å²) < 4.78 is 13.9. The highest BCUT2D eigenvalue weighted by Crippen LogP contribution is 2.18. The minimum Gasteiger partial charge on any atom is -0.326 e. The molecule has 0 spiro atoms. The zero-order chi connectivity index (χ0) is 13.8. The van der Waals surface area contributed by atoms with Gasteiger partial charge in [0.25, 0.3) is 0 Å². The Hall–Kier alpha value is -0.970. The van der Waals surface area contributed by atoms with E-state index in [0.29, 0.717) is 19.1 Å². The minimum atomic E-state index is -0.127. The third-order valence-electron chi connectivity index (χ3n) is 4.03. The van der Waals surface area contributed by atoms with Crippen LogP contribution < -0.4 is 5.73 Å². The summed E-state index contributed by atoms with van der Waals surface area (Å²) in [6.07, 6.45) is 2.32. The van der Waals surface area contributed by atoms with E-state index in [1.54, 1.807) is 6.07 Å². The van der Waals surface area contributed by atoms with Crippen LogP contribution in [0.25, 0.3) is 0 Å². The van der Waals surface area contributed by atoms with Crippen LogP contribution in [-0.4, -0.2) is 43.0 Å². The van der Waals surface area contributed by atoms with Crippen molar-refractivity contribution in [2.24, 2.45) is 5.73 Å². The third kappa shape index (κ3) is 3.75. The van der Waals surface area contributed by atoms with Gasteiger partial charge in [-0.25, -0.2) is 4.39 Å². The first-order chi connectivity index (χ1) is 9.10.